The van der Waals surface area contributed by atoms with E-state index in [1.54, 1.807) is 0 Å². The molecule has 0 bridgehead atoms. The molecule has 3 N–H and O–H groups in total. The fraction of sp³-hybridized carbons (Fsp3) is 0.625. The first-order valence-electron chi connectivity index (χ1n) is 19.8. The van der Waals surface area contributed by atoms with E-state index in [1.165, 1.54) is 50.4 Å². The minimum absolute atomic E-state index is 0.0735. The van der Waals surface area contributed by atoms with Crippen LogP contribution in [0.4, 0.5) is 17.1 Å². The molecule has 0 aliphatic heterocycles. The Bertz CT molecular complexity index is 1350. The first kappa shape index (κ1) is 40.8. The van der Waals surface area contributed by atoms with Crippen molar-refractivity contribution in [1.29, 1.82) is 0 Å². The van der Waals surface area contributed by atoms with Gasteiger partial charge in [-0.2, -0.15) is 0 Å². The molecule has 4 rings (SSSR count). The molecule has 0 heterocycles. The van der Waals surface area contributed by atoms with E-state index in [9.17, 15) is 0 Å². The van der Waals surface area contributed by atoms with Gasteiger partial charge < -0.3 is 16.0 Å². The predicted molar refractivity (Wildman–Crippen MR) is 228 cm³/mol. The summed E-state index contributed by atoms with van der Waals surface area (Å²) in [5.41, 5.74) is 12.5. The molecule has 3 heteroatoms. The van der Waals surface area contributed by atoms with Gasteiger partial charge in [-0.1, -0.05) is 143 Å². The van der Waals surface area contributed by atoms with Crippen LogP contribution in [0.3, 0.4) is 0 Å². The van der Waals surface area contributed by atoms with Crippen molar-refractivity contribution in [2.24, 2.45) is 0 Å². The van der Waals surface area contributed by atoms with E-state index in [0.717, 1.165) is 19.3 Å². The minimum Gasteiger partial charge on any atom is -0.382 e. The second kappa shape index (κ2) is 14.1. The summed E-state index contributed by atoms with van der Waals surface area (Å²) >= 11 is 0. The lowest BCUT2D eigenvalue weighted by Gasteiger charge is -2.38. The molecule has 0 aromatic heterocycles. The molecule has 1 saturated carbocycles. The Morgan fingerprint density at radius 3 is 0.588 bits per heavy atom. The summed E-state index contributed by atoms with van der Waals surface area (Å²) in [6.45, 7) is 41.9. The third kappa shape index (κ3) is 11.0. The number of rotatable bonds is 6. The van der Waals surface area contributed by atoms with Crippen LogP contribution in [0.15, 0.2) is 54.6 Å². The van der Waals surface area contributed by atoms with E-state index in [0.29, 0.717) is 18.1 Å². The maximum Gasteiger partial charge on any atom is 0.0348 e. The Morgan fingerprint density at radius 2 is 0.451 bits per heavy atom. The highest BCUT2D eigenvalue weighted by Crippen LogP contribution is 2.38. The van der Waals surface area contributed by atoms with Gasteiger partial charge in [0.15, 0.2) is 0 Å². The number of hydrogen-bond acceptors (Lipinski definition) is 3. The summed E-state index contributed by atoms with van der Waals surface area (Å²) in [7, 11) is 0. The number of hydrogen-bond donors (Lipinski definition) is 3. The van der Waals surface area contributed by atoms with E-state index in [2.05, 4.69) is 195 Å². The molecule has 0 amide bonds. The van der Waals surface area contributed by atoms with E-state index < -0.39 is 0 Å². The van der Waals surface area contributed by atoms with Crippen LogP contribution in [0, 0.1) is 0 Å². The smallest absolute Gasteiger partial charge is 0.0348 e. The first-order chi connectivity index (χ1) is 23.0. The molecule has 0 radical (unpaired) electrons. The molecule has 0 unspecified atom stereocenters. The fourth-order valence-corrected chi connectivity index (χ4v) is 7.11. The van der Waals surface area contributed by atoms with Crippen molar-refractivity contribution in [1.82, 2.24) is 0 Å². The third-order valence-electron chi connectivity index (χ3n) is 10.8. The van der Waals surface area contributed by atoms with Crippen molar-refractivity contribution in [3.63, 3.8) is 0 Å². The molecule has 0 atom stereocenters. The van der Waals surface area contributed by atoms with Gasteiger partial charge in [-0.15, -0.1) is 0 Å². The van der Waals surface area contributed by atoms with E-state index in [-0.39, 0.29) is 32.5 Å². The van der Waals surface area contributed by atoms with Gasteiger partial charge in [0.05, 0.1) is 0 Å². The molecule has 3 aromatic carbocycles. The largest absolute Gasteiger partial charge is 0.382 e. The van der Waals surface area contributed by atoms with Crippen molar-refractivity contribution in [2.75, 3.05) is 16.0 Å². The molecular weight excluding hydrogens is 619 g/mol. The highest BCUT2D eigenvalue weighted by Gasteiger charge is 2.32. The predicted octanol–water partition coefficient (Wildman–Crippen LogP) is 13.4. The quantitative estimate of drug-likeness (QED) is 0.240. The highest BCUT2D eigenvalue weighted by molar-refractivity contribution is 5.56. The average Bonchev–Trinajstić information content (AvgIpc) is 2.94. The van der Waals surface area contributed by atoms with Crippen LogP contribution in [0.1, 0.15) is 177 Å². The van der Waals surface area contributed by atoms with Crippen molar-refractivity contribution in [3.05, 3.63) is 88.0 Å². The number of benzene rings is 3. The molecule has 1 aliphatic rings. The molecular formula is C48H75N3. The van der Waals surface area contributed by atoms with Gasteiger partial charge in [0.25, 0.3) is 0 Å². The standard InChI is InChI=1S/C48H75N3/c1-43(2,3)31-19-32(44(4,5)6)23-37(22-31)49-40-28-41(50-38-24-33(45(7,8)9)20-34(25-38)46(10,11)12)30-42(29-40)51-39-26-35(47(13,14)15)21-36(27-39)48(16,17)18/h19-27,40-42,49-51H,28-30H2,1-18H3. The van der Waals surface area contributed by atoms with Crippen molar-refractivity contribution in [2.45, 2.75) is 195 Å². The SMILES string of the molecule is CC(C)(C)c1cc(NC2CC(Nc3cc(C(C)(C)C)cc(C(C)(C)C)c3)CC(Nc3cc(C(C)(C)C)cc(C(C)(C)C)c3)C2)cc(C(C)(C)C)c1. The fourth-order valence-electron chi connectivity index (χ4n) is 7.11. The van der Waals surface area contributed by atoms with Crippen LogP contribution in [-0.4, -0.2) is 18.1 Å². The van der Waals surface area contributed by atoms with Gasteiger partial charge in [-0.25, -0.2) is 0 Å². The maximum atomic E-state index is 4.10. The van der Waals surface area contributed by atoms with Gasteiger partial charge in [-0.3, -0.25) is 0 Å². The summed E-state index contributed by atoms with van der Waals surface area (Å²) in [4.78, 5) is 0. The first-order valence-corrected chi connectivity index (χ1v) is 19.8. The van der Waals surface area contributed by atoms with Crippen LogP contribution < -0.4 is 16.0 Å². The minimum atomic E-state index is 0.0735. The van der Waals surface area contributed by atoms with E-state index >= 15 is 0 Å². The molecule has 1 fully saturated rings. The molecule has 51 heavy (non-hydrogen) atoms. The van der Waals surface area contributed by atoms with Crippen LogP contribution in [0.25, 0.3) is 0 Å². The number of nitrogens with one attached hydrogen (secondary N) is 3. The summed E-state index contributed by atoms with van der Waals surface area (Å²) in [5.74, 6) is 0. The molecule has 3 nitrogen and oxygen atoms in total. The Hall–Kier alpha value is -2.94. The Labute approximate surface area is 314 Å². The lowest BCUT2D eigenvalue weighted by Crippen LogP contribution is -2.43. The summed E-state index contributed by atoms with van der Waals surface area (Å²) in [6, 6.07) is 22.6. The van der Waals surface area contributed by atoms with Gasteiger partial charge in [0, 0.05) is 35.2 Å². The zero-order chi connectivity index (χ0) is 38.5. The zero-order valence-electron chi connectivity index (χ0n) is 36.0. The summed E-state index contributed by atoms with van der Waals surface area (Å²) in [6.07, 6.45) is 3.17. The van der Waals surface area contributed by atoms with Gasteiger partial charge >= 0.3 is 0 Å². The Morgan fingerprint density at radius 1 is 0.294 bits per heavy atom. The van der Waals surface area contributed by atoms with E-state index in [4.69, 9.17) is 0 Å². The molecule has 282 valence electrons. The lowest BCUT2D eigenvalue weighted by atomic mass is 9.79. The Balaban J connectivity index is 1.76. The third-order valence-corrected chi connectivity index (χ3v) is 10.8. The van der Waals surface area contributed by atoms with Crippen LogP contribution in [0.2, 0.25) is 0 Å². The second-order valence-electron chi connectivity index (χ2n) is 22.1. The molecule has 1 aliphatic carbocycles. The summed E-state index contributed by atoms with van der Waals surface area (Å²) < 4.78 is 0. The lowest BCUT2D eigenvalue weighted by molar-refractivity contribution is 0.397. The second-order valence-corrected chi connectivity index (χ2v) is 22.1. The van der Waals surface area contributed by atoms with Gasteiger partial charge in [0.2, 0.25) is 0 Å². The van der Waals surface area contributed by atoms with Crippen LogP contribution in [0.5, 0.6) is 0 Å². The van der Waals surface area contributed by atoms with E-state index in [1.807, 2.05) is 0 Å². The number of anilines is 3. The topological polar surface area (TPSA) is 36.1 Å². The average molecular weight is 694 g/mol. The van der Waals surface area contributed by atoms with Crippen LogP contribution in [-0.2, 0) is 32.5 Å². The van der Waals surface area contributed by atoms with Crippen molar-refractivity contribution in [3.8, 4) is 0 Å². The maximum absolute atomic E-state index is 4.10. The Kier molecular flexibility index (Phi) is 11.3. The monoisotopic (exact) mass is 694 g/mol. The zero-order valence-corrected chi connectivity index (χ0v) is 36.0. The molecule has 3 aromatic rings. The molecule has 0 saturated heterocycles. The van der Waals surface area contributed by atoms with Crippen LogP contribution >= 0.6 is 0 Å². The van der Waals surface area contributed by atoms with Gasteiger partial charge in [-0.05, 0) is 122 Å². The van der Waals surface area contributed by atoms with Crippen molar-refractivity contribution < 1.29 is 0 Å². The van der Waals surface area contributed by atoms with Gasteiger partial charge in [0.1, 0.15) is 0 Å². The highest BCUT2D eigenvalue weighted by atomic mass is 15.0. The van der Waals surface area contributed by atoms with Crippen molar-refractivity contribution >= 4 is 17.1 Å². The summed E-state index contributed by atoms with van der Waals surface area (Å²) in [5, 5.41) is 12.3. The normalized spacial score (nSPS) is 19.5. The molecule has 0 spiro atoms.